The van der Waals surface area contributed by atoms with Crippen LogP contribution >= 0.6 is 0 Å². The number of nitrogens with zero attached hydrogens (tertiary/aromatic N) is 1. The molecule has 1 aromatic heterocycles. The van der Waals surface area contributed by atoms with Crippen LogP contribution in [0.3, 0.4) is 0 Å². The molecule has 0 amide bonds. The molecule has 0 aromatic carbocycles. The minimum absolute atomic E-state index is 0.753. The van der Waals surface area contributed by atoms with Gasteiger partial charge in [0.05, 0.1) is 6.07 Å². The van der Waals surface area contributed by atoms with Gasteiger partial charge in [-0.25, -0.2) is 0 Å². The predicted molar refractivity (Wildman–Crippen MR) is 20.3 cm³/mol. The van der Waals surface area contributed by atoms with Crippen LogP contribution < -0.4 is 0 Å². The van der Waals surface area contributed by atoms with Crippen molar-refractivity contribution in [1.82, 2.24) is 5.16 Å². The molecule has 0 bridgehead atoms. The first-order chi connectivity index (χ1) is 4.11. The minimum Gasteiger partial charge on any atom is -0.363 e. The van der Waals surface area contributed by atoms with E-state index >= 15 is 0 Å². The number of rotatable bonds is 0. The lowest BCUT2D eigenvalue weighted by atomic mass is 10.4. The first kappa shape index (κ1) is 6.12. The summed E-state index contributed by atoms with van der Waals surface area (Å²) in [5.74, 6) is 0. The standard InChI is InChI=1S/C4HF3NO/c5-4(6,7)3-1-2-9-8-3/h2H. The van der Waals surface area contributed by atoms with Crippen molar-refractivity contribution in [1.29, 1.82) is 0 Å². The summed E-state index contributed by atoms with van der Waals surface area (Å²) < 4.78 is 38.3. The van der Waals surface area contributed by atoms with Crippen molar-refractivity contribution in [2.45, 2.75) is 6.18 Å². The van der Waals surface area contributed by atoms with E-state index in [4.69, 9.17) is 0 Å². The maximum atomic E-state index is 11.5. The molecule has 1 heterocycles. The molecule has 0 aliphatic heterocycles. The van der Waals surface area contributed by atoms with E-state index in [2.05, 4.69) is 9.68 Å². The largest absolute Gasteiger partial charge is 0.437 e. The van der Waals surface area contributed by atoms with Crippen LogP contribution in [0.1, 0.15) is 5.69 Å². The topological polar surface area (TPSA) is 26.0 Å². The number of hydrogen-bond donors (Lipinski definition) is 0. The van der Waals surface area contributed by atoms with Crippen LogP contribution in [0.2, 0.25) is 0 Å². The lowest BCUT2D eigenvalue weighted by molar-refractivity contribution is -0.142. The van der Waals surface area contributed by atoms with Gasteiger partial charge in [-0.15, -0.1) is 0 Å². The van der Waals surface area contributed by atoms with Crippen molar-refractivity contribution in [2.24, 2.45) is 0 Å². The molecule has 1 aromatic rings. The monoisotopic (exact) mass is 136 g/mol. The van der Waals surface area contributed by atoms with Gasteiger partial charge in [-0.3, -0.25) is 0 Å². The van der Waals surface area contributed by atoms with Crippen molar-refractivity contribution in [3.63, 3.8) is 0 Å². The van der Waals surface area contributed by atoms with Gasteiger partial charge in [0.25, 0.3) is 0 Å². The summed E-state index contributed by atoms with van der Waals surface area (Å²) in [6.07, 6.45) is -3.68. The van der Waals surface area contributed by atoms with Gasteiger partial charge in [0.2, 0.25) is 0 Å². The van der Waals surface area contributed by atoms with Gasteiger partial charge >= 0.3 is 6.18 Å². The highest BCUT2D eigenvalue weighted by Crippen LogP contribution is 2.26. The van der Waals surface area contributed by atoms with Gasteiger partial charge in [0.1, 0.15) is 6.26 Å². The van der Waals surface area contributed by atoms with Crippen molar-refractivity contribution in [3.8, 4) is 0 Å². The van der Waals surface area contributed by atoms with E-state index in [9.17, 15) is 13.2 Å². The molecule has 1 rings (SSSR count). The first-order valence-corrected chi connectivity index (χ1v) is 2.00. The number of alkyl halides is 3. The Labute approximate surface area is 48.3 Å². The van der Waals surface area contributed by atoms with Gasteiger partial charge in [-0.2, -0.15) is 13.2 Å². The Morgan fingerprint density at radius 1 is 1.56 bits per heavy atom. The Hall–Kier alpha value is -1.00. The fourth-order valence-corrected chi connectivity index (χ4v) is 0.321. The van der Waals surface area contributed by atoms with E-state index in [-0.39, 0.29) is 0 Å². The van der Waals surface area contributed by atoms with E-state index in [1.165, 1.54) is 0 Å². The molecule has 9 heavy (non-hydrogen) atoms. The summed E-state index contributed by atoms with van der Waals surface area (Å²) in [7, 11) is 0. The van der Waals surface area contributed by atoms with Crippen LogP contribution in [-0.4, -0.2) is 5.16 Å². The Balaban J connectivity index is 2.90. The number of aromatic nitrogens is 1. The molecule has 0 unspecified atom stereocenters. The van der Waals surface area contributed by atoms with E-state index in [1.54, 1.807) is 6.07 Å². The molecule has 0 fully saturated rings. The SMILES string of the molecule is FC(F)(F)c1[c]con1. The number of halogens is 3. The summed E-state index contributed by atoms with van der Waals surface area (Å²) in [5, 5.41) is 2.63. The highest BCUT2D eigenvalue weighted by molar-refractivity contribution is 4.97. The lowest BCUT2D eigenvalue weighted by Gasteiger charge is -1.96. The quantitative estimate of drug-likeness (QED) is 0.540. The van der Waals surface area contributed by atoms with Crippen molar-refractivity contribution in [3.05, 3.63) is 18.0 Å². The molecule has 49 valence electrons. The molecule has 0 saturated carbocycles. The second kappa shape index (κ2) is 1.75. The second-order valence-corrected chi connectivity index (χ2v) is 1.31. The molecule has 5 heteroatoms. The smallest absolute Gasteiger partial charge is 0.363 e. The van der Waals surface area contributed by atoms with E-state index in [1.807, 2.05) is 0 Å². The molecular formula is C4HF3NO. The normalized spacial score (nSPS) is 11.9. The average molecular weight is 136 g/mol. The van der Waals surface area contributed by atoms with Gasteiger partial charge in [0, 0.05) is 0 Å². The van der Waals surface area contributed by atoms with Crippen molar-refractivity contribution in [2.75, 3.05) is 0 Å². The van der Waals surface area contributed by atoms with Crippen LogP contribution in [0.4, 0.5) is 13.2 Å². The van der Waals surface area contributed by atoms with Crippen LogP contribution in [0.25, 0.3) is 0 Å². The van der Waals surface area contributed by atoms with Gasteiger partial charge in [-0.1, -0.05) is 5.16 Å². The second-order valence-electron chi connectivity index (χ2n) is 1.31. The predicted octanol–water partition coefficient (Wildman–Crippen LogP) is 1.49. The van der Waals surface area contributed by atoms with E-state index < -0.39 is 11.9 Å². The third kappa shape index (κ3) is 1.22. The summed E-state index contributed by atoms with van der Waals surface area (Å²) in [4.78, 5) is 0. The Morgan fingerprint density at radius 2 is 2.22 bits per heavy atom. The molecule has 0 aliphatic carbocycles. The molecule has 0 spiro atoms. The van der Waals surface area contributed by atoms with E-state index in [0.717, 1.165) is 6.26 Å². The zero-order valence-electron chi connectivity index (χ0n) is 4.07. The molecular weight excluding hydrogens is 135 g/mol. The summed E-state index contributed by atoms with van der Waals surface area (Å²) >= 11 is 0. The Kier molecular flexibility index (Phi) is 1.19. The molecule has 2 nitrogen and oxygen atoms in total. The van der Waals surface area contributed by atoms with Crippen LogP contribution in [0, 0.1) is 6.07 Å². The summed E-state index contributed by atoms with van der Waals surface area (Å²) in [6, 6.07) is 1.77. The molecule has 0 aliphatic rings. The van der Waals surface area contributed by atoms with Gasteiger partial charge in [-0.05, 0) is 0 Å². The number of hydrogen-bond acceptors (Lipinski definition) is 2. The first-order valence-electron chi connectivity index (χ1n) is 2.00. The van der Waals surface area contributed by atoms with Crippen molar-refractivity contribution < 1.29 is 17.7 Å². The molecule has 0 saturated heterocycles. The van der Waals surface area contributed by atoms with Gasteiger partial charge < -0.3 is 4.52 Å². The fourth-order valence-electron chi connectivity index (χ4n) is 0.321. The Morgan fingerprint density at radius 3 is 2.44 bits per heavy atom. The highest BCUT2D eigenvalue weighted by atomic mass is 19.4. The molecule has 0 atom stereocenters. The zero-order valence-corrected chi connectivity index (χ0v) is 4.07. The maximum absolute atomic E-state index is 11.5. The third-order valence-electron chi connectivity index (χ3n) is 0.661. The summed E-state index contributed by atoms with van der Waals surface area (Å²) in [6.45, 7) is 0. The lowest BCUT2D eigenvalue weighted by Crippen LogP contribution is -2.04. The zero-order chi connectivity index (χ0) is 6.91. The minimum atomic E-state index is -4.44. The Bertz CT molecular complexity index is 178. The van der Waals surface area contributed by atoms with Crippen LogP contribution in [-0.2, 0) is 6.18 Å². The highest BCUT2D eigenvalue weighted by Gasteiger charge is 2.34. The van der Waals surface area contributed by atoms with Gasteiger partial charge in [0.15, 0.2) is 5.69 Å². The average Bonchev–Trinajstić information content (AvgIpc) is 2.08. The van der Waals surface area contributed by atoms with Crippen LogP contribution in [0.15, 0.2) is 10.8 Å². The van der Waals surface area contributed by atoms with Crippen molar-refractivity contribution >= 4 is 0 Å². The molecule has 0 N–H and O–H groups in total. The molecule has 1 radical (unpaired) electrons. The maximum Gasteiger partial charge on any atom is 0.437 e. The third-order valence-corrected chi connectivity index (χ3v) is 0.661. The summed E-state index contributed by atoms with van der Waals surface area (Å²) in [5.41, 5.74) is -1.12. The van der Waals surface area contributed by atoms with E-state index in [0.29, 0.717) is 0 Å². The van der Waals surface area contributed by atoms with Crippen LogP contribution in [0.5, 0.6) is 0 Å². The fraction of sp³-hybridized carbons (Fsp3) is 0.250.